The Morgan fingerprint density at radius 3 is 2.67 bits per heavy atom. The summed E-state index contributed by atoms with van der Waals surface area (Å²) < 4.78 is 24.3. The molecule has 18 heavy (non-hydrogen) atoms. The second-order valence-electron chi connectivity index (χ2n) is 4.88. The van der Waals surface area contributed by atoms with Crippen LogP contribution in [0.25, 0.3) is 5.57 Å². The number of benzene rings is 1. The lowest BCUT2D eigenvalue weighted by Crippen LogP contribution is -2.23. The van der Waals surface area contributed by atoms with Gasteiger partial charge < -0.3 is 9.47 Å². The fourth-order valence-corrected chi connectivity index (χ4v) is 2.70. The molecule has 0 bridgehead atoms. The van der Waals surface area contributed by atoms with Gasteiger partial charge in [-0.05, 0) is 42.5 Å². The van der Waals surface area contributed by atoms with Crippen molar-refractivity contribution in [3.8, 4) is 0 Å². The molecular formula is C15H17FO2. The van der Waals surface area contributed by atoms with Crippen molar-refractivity contribution in [3.63, 3.8) is 0 Å². The van der Waals surface area contributed by atoms with Gasteiger partial charge in [0.1, 0.15) is 5.82 Å². The Hall–Kier alpha value is -1.19. The molecule has 1 saturated heterocycles. The molecule has 1 aliphatic heterocycles. The van der Waals surface area contributed by atoms with Gasteiger partial charge in [-0.3, -0.25) is 0 Å². The van der Waals surface area contributed by atoms with E-state index < -0.39 is 0 Å². The third kappa shape index (κ3) is 2.47. The standard InChI is InChI=1S/C15H17FO2/c16-14-3-1-2-13(10-14)11-4-6-12(7-5-11)15-17-8-9-18-15/h1-4,10,12,15H,5-9H2. The predicted octanol–water partition coefficient (Wildman–Crippen LogP) is 3.38. The smallest absolute Gasteiger partial charge is 0.160 e. The van der Waals surface area contributed by atoms with Crippen molar-refractivity contribution in [3.05, 3.63) is 41.7 Å². The number of hydrogen-bond donors (Lipinski definition) is 0. The summed E-state index contributed by atoms with van der Waals surface area (Å²) in [7, 11) is 0. The number of ether oxygens (including phenoxy) is 2. The van der Waals surface area contributed by atoms with Gasteiger partial charge in [0.15, 0.2) is 6.29 Å². The molecule has 1 heterocycles. The number of halogens is 1. The van der Waals surface area contributed by atoms with Gasteiger partial charge in [0.05, 0.1) is 13.2 Å². The highest BCUT2D eigenvalue weighted by molar-refractivity contribution is 5.66. The van der Waals surface area contributed by atoms with Crippen molar-refractivity contribution >= 4 is 5.57 Å². The number of hydrogen-bond acceptors (Lipinski definition) is 2. The molecule has 0 spiro atoms. The van der Waals surface area contributed by atoms with Crippen molar-refractivity contribution in [2.75, 3.05) is 13.2 Å². The Kier molecular flexibility index (Phi) is 3.43. The Balaban J connectivity index is 1.69. The summed E-state index contributed by atoms with van der Waals surface area (Å²) in [5, 5.41) is 0. The molecule has 0 aromatic heterocycles. The molecule has 0 radical (unpaired) electrons. The topological polar surface area (TPSA) is 18.5 Å². The second-order valence-corrected chi connectivity index (χ2v) is 4.88. The lowest BCUT2D eigenvalue weighted by molar-refractivity contribution is -0.0849. The molecule has 1 aromatic carbocycles. The summed E-state index contributed by atoms with van der Waals surface area (Å²) in [5.41, 5.74) is 2.24. The Morgan fingerprint density at radius 1 is 1.17 bits per heavy atom. The van der Waals surface area contributed by atoms with E-state index in [1.54, 1.807) is 12.1 Å². The summed E-state index contributed by atoms with van der Waals surface area (Å²) in [6, 6.07) is 6.82. The van der Waals surface area contributed by atoms with Crippen LogP contribution < -0.4 is 0 Å². The molecule has 0 N–H and O–H groups in total. The Morgan fingerprint density at radius 2 is 2.00 bits per heavy atom. The van der Waals surface area contributed by atoms with E-state index >= 15 is 0 Å². The van der Waals surface area contributed by atoms with Crippen LogP contribution in [-0.2, 0) is 9.47 Å². The fraction of sp³-hybridized carbons (Fsp3) is 0.467. The molecule has 0 amide bonds. The molecular weight excluding hydrogens is 231 g/mol. The highest BCUT2D eigenvalue weighted by Gasteiger charge is 2.28. The SMILES string of the molecule is Fc1cccc(C2=CCC(C3OCCO3)CC2)c1. The van der Waals surface area contributed by atoms with Crippen LogP contribution in [0, 0.1) is 11.7 Å². The zero-order chi connectivity index (χ0) is 12.4. The van der Waals surface area contributed by atoms with Crippen LogP contribution in [0.1, 0.15) is 24.8 Å². The van der Waals surface area contributed by atoms with Crippen molar-refractivity contribution in [2.45, 2.75) is 25.6 Å². The van der Waals surface area contributed by atoms with E-state index in [1.165, 1.54) is 11.6 Å². The zero-order valence-corrected chi connectivity index (χ0v) is 10.3. The van der Waals surface area contributed by atoms with E-state index in [9.17, 15) is 4.39 Å². The summed E-state index contributed by atoms with van der Waals surface area (Å²) in [6.45, 7) is 1.42. The number of allylic oxidation sites excluding steroid dienone is 2. The minimum absolute atomic E-state index is 0.0321. The van der Waals surface area contributed by atoms with Crippen LogP contribution in [0.15, 0.2) is 30.3 Å². The van der Waals surface area contributed by atoms with Crippen molar-refractivity contribution in [1.82, 2.24) is 0 Å². The predicted molar refractivity (Wildman–Crippen MR) is 67.4 cm³/mol. The minimum atomic E-state index is -0.169. The van der Waals surface area contributed by atoms with Crippen molar-refractivity contribution in [1.29, 1.82) is 0 Å². The lowest BCUT2D eigenvalue weighted by Gasteiger charge is -2.25. The normalized spacial score (nSPS) is 25.2. The monoisotopic (exact) mass is 248 g/mol. The highest BCUT2D eigenvalue weighted by atomic mass is 19.1. The van der Waals surface area contributed by atoms with Gasteiger partial charge in [0.2, 0.25) is 0 Å². The van der Waals surface area contributed by atoms with Gasteiger partial charge in [0.25, 0.3) is 0 Å². The summed E-state index contributed by atoms with van der Waals surface area (Å²) in [5.74, 6) is 0.280. The first kappa shape index (κ1) is 11.9. The first-order chi connectivity index (χ1) is 8.83. The van der Waals surface area contributed by atoms with Crippen LogP contribution in [0.2, 0.25) is 0 Å². The molecule has 2 aliphatic rings. The van der Waals surface area contributed by atoms with Crippen LogP contribution in [0.3, 0.4) is 0 Å². The molecule has 0 saturated carbocycles. The van der Waals surface area contributed by atoms with Crippen molar-refractivity contribution in [2.24, 2.45) is 5.92 Å². The molecule has 1 aromatic rings. The third-order valence-corrected chi connectivity index (χ3v) is 3.68. The van der Waals surface area contributed by atoms with Gasteiger partial charge in [-0.2, -0.15) is 0 Å². The van der Waals surface area contributed by atoms with E-state index in [1.807, 2.05) is 6.07 Å². The van der Waals surface area contributed by atoms with E-state index in [-0.39, 0.29) is 12.1 Å². The van der Waals surface area contributed by atoms with E-state index in [0.29, 0.717) is 19.1 Å². The van der Waals surface area contributed by atoms with Crippen LogP contribution in [0.5, 0.6) is 0 Å². The highest BCUT2D eigenvalue weighted by Crippen LogP contribution is 2.34. The maximum Gasteiger partial charge on any atom is 0.160 e. The lowest BCUT2D eigenvalue weighted by atomic mass is 9.86. The van der Waals surface area contributed by atoms with Gasteiger partial charge in [-0.1, -0.05) is 18.2 Å². The van der Waals surface area contributed by atoms with Gasteiger partial charge in [0, 0.05) is 5.92 Å². The number of rotatable bonds is 2. The quantitative estimate of drug-likeness (QED) is 0.798. The van der Waals surface area contributed by atoms with Gasteiger partial charge >= 0.3 is 0 Å². The average molecular weight is 248 g/mol. The molecule has 2 nitrogen and oxygen atoms in total. The van der Waals surface area contributed by atoms with E-state index in [4.69, 9.17) is 9.47 Å². The molecule has 1 fully saturated rings. The largest absolute Gasteiger partial charge is 0.350 e. The summed E-state index contributed by atoms with van der Waals surface area (Å²) >= 11 is 0. The molecule has 3 rings (SSSR count). The van der Waals surface area contributed by atoms with Crippen LogP contribution >= 0.6 is 0 Å². The third-order valence-electron chi connectivity index (χ3n) is 3.68. The minimum Gasteiger partial charge on any atom is -0.350 e. The van der Waals surface area contributed by atoms with Crippen LogP contribution in [-0.4, -0.2) is 19.5 Å². The zero-order valence-electron chi connectivity index (χ0n) is 10.3. The fourth-order valence-electron chi connectivity index (χ4n) is 2.70. The molecule has 96 valence electrons. The summed E-state index contributed by atoms with van der Waals surface area (Å²) in [4.78, 5) is 0. The van der Waals surface area contributed by atoms with Gasteiger partial charge in [-0.15, -0.1) is 0 Å². The maximum atomic E-state index is 13.2. The van der Waals surface area contributed by atoms with Crippen LogP contribution in [0.4, 0.5) is 4.39 Å². The Bertz CT molecular complexity index is 450. The Labute approximate surface area is 106 Å². The molecule has 3 heteroatoms. The van der Waals surface area contributed by atoms with Crippen molar-refractivity contribution < 1.29 is 13.9 Å². The maximum absolute atomic E-state index is 13.2. The first-order valence-corrected chi connectivity index (χ1v) is 6.51. The molecule has 1 aliphatic carbocycles. The average Bonchev–Trinajstić information content (AvgIpc) is 2.93. The first-order valence-electron chi connectivity index (χ1n) is 6.51. The van der Waals surface area contributed by atoms with E-state index in [0.717, 1.165) is 24.8 Å². The summed E-state index contributed by atoms with van der Waals surface area (Å²) in [6.07, 6.45) is 5.14. The van der Waals surface area contributed by atoms with Gasteiger partial charge in [-0.25, -0.2) is 4.39 Å². The van der Waals surface area contributed by atoms with E-state index in [2.05, 4.69) is 6.08 Å². The molecule has 1 unspecified atom stereocenters. The second kappa shape index (κ2) is 5.21. The molecule has 1 atom stereocenters.